The summed E-state index contributed by atoms with van der Waals surface area (Å²) in [6.07, 6.45) is 2.22. The van der Waals surface area contributed by atoms with Gasteiger partial charge < -0.3 is 14.6 Å². The van der Waals surface area contributed by atoms with Crippen LogP contribution in [0.25, 0.3) is 11.5 Å². The predicted octanol–water partition coefficient (Wildman–Crippen LogP) is 1.87. The van der Waals surface area contributed by atoms with Crippen molar-refractivity contribution in [3.63, 3.8) is 0 Å². The molecule has 0 aliphatic carbocycles. The minimum atomic E-state index is 0.255. The molecule has 0 spiro atoms. The number of aryl methyl sites for hydroxylation is 2. The molecule has 0 amide bonds. The minimum Gasteiger partial charge on any atom is -0.466 e. The molecule has 1 fully saturated rings. The molecular weight excluding hydrogens is 256 g/mol. The van der Waals surface area contributed by atoms with Gasteiger partial charge in [-0.25, -0.2) is 0 Å². The topological polar surface area (TPSA) is 81.3 Å². The van der Waals surface area contributed by atoms with Gasteiger partial charge in [0.2, 0.25) is 5.89 Å². The van der Waals surface area contributed by atoms with Crippen LogP contribution in [0.5, 0.6) is 0 Å². The van der Waals surface area contributed by atoms with Crippen LogP contribution in [-0.4, -0.2) is 34.2 Å². The normalized spacial score (nSPS) is 20.4. The molecule has 1 aliphatic heterocycles. The molecule has 2 aromatic rings. The van der Waals surface area contributed by atoms with Crippen LogP contribution in [0.1, 0.15) is 30.3 Å². The van der Waals surface area contributed by atoms with Gasteiger partial charge in [-0.1, -0.05) is 0 Å². The minimum absolute atomic E-state index is 0.255. The first-order chi connectivity index (χ1) is 9.61. The van der Waals surface area contributed by atoms with E-state index in [1.807, 2.05) is 19.9 Å². The Morgan fingerprint density at radius 3 is 2.90 bits per heavy atom. The summed E-state index contributed by atoms with van der Waals surface area (Å²) in [5.41, 5.74) is 6.85. The molecule has 2 N–H and O–H groups in total. The lowest BCUT2D eigenvalue weighted by molar-refractivity contribution is 0.185. The van der Waals surface area contributed by atoms with E-state index in [1.54, 1.807) is 0 Å². The first kappa shape index (κ1) is 13.3. The number of nitrogens with two attached hydrogens (primary N) is 1. The van der Waals surface area contributed by atoms with E-state index < -0.39 is 0 Å². The third-order valence-corrected chi connectivity index (χ3v) is 3.64. The highest BCUT2D eigenvalue weighted by molar-refractivity contribution is 5.55. The Hall–Kier alpha value is -1.66. The Morgan fingerprint density at radius 2 is 2.20 bits per heavy atom. The van der Waals surface area contributed by atoms with Crippen LogP contribution < -0.4 is 5.73 Å². The Labute approximate surface area is 117 Å². The molecule has 0 saturated carbocycles. The summed E-state index contributed by atoms with van der Waals surface area (Å²) in [5.74, 6) is 2.81. The van der Waals surface area contributed by atoms with Gasteiger partial charge in [0.25, 0.3) is 5.89 Å². The van der Waals surface area contributed by atoms with Crippen molar-refractivity contribution in [2.75, 3.05) is 13.1 Å². The van der Waals surface area contributed by atoms with E-state index in [9.17, 15) is 0 Å². The van der Waals surface area contributed by atoms with Gasteiger partial charge in [0, 0.05) is 12.6 Å². The molecule has 20 heavy (non-hydrogen) atoms. The average Bonchev–Trinajstić information content (AvgIpc) is 2.96. The van der Waals surface area contributed by atoms with Crippen molar-refractivity contribution in [3.05, 3.63) is 23.5 Å². The van der Waals surface area contributed by atoms with Gasteiger partial charge in [-0.3, -0.25) is 4.90 Å². The fourth-order valence-electron chi connectivity index (χ4n) is 2.70. The second kappa shape index (κ2) is 5.38. The standard InChI is InChI=1S/C14H20N4O2/c1-9-6-12(10(2)19-9)14-17-16-13(20-14)8-18-5-3-4-11(15)7-18/h6,11H,3-5,7-8,15H2,1-2H3/t11-/m1/s1. The maximum atomic E-state index is 5.98. The smallest absolute Gasteiger partial charge is 0.251 e. The maximum Gasteiger partial charge on any atom is 0.251 e. The Bertz CT molecular complexity index is 590. The molecule has 108 valence electrons. The van der Waals surface area contributed by atoms with E-state index in [-0.39, 0.29) is 6.04 Å². The van der Waals surface area contributed by atoms with Crippen LogP contribution in [0.3, 0.4) is 0 Å². The van der Waals surface area contributed by atoms with Crippen LogP contribution >= 0.6 is 0 Å². The lowest BCUT2D eigenvalue weighted by Gasteiger charge is -2.29. The summed E-state index contributed by atoms with van der Waals surface area (Å²) >= 11 is 0. The van der Waals surface area contributed by atoms with Gasteiger partial charge in [-0.05, 0) is 39.3 Å². The summed E-state index contributed by atoms with van der Waals surface area (Å²) < 4.78 is 11.2. The summed E-state index contributed by atoms with van der Waals surface area (Å²) in [6, 6.07) is 2.17. The maximum absolute atomic E-state index is 5.98. The third-order valence-electron chi connectivity index (χ3n) is 3.64. The molecule has 3 rings (SSSR count). The van der Waals surface area contributed by atoms with Gasteiger partial charge in [0.1, 0.15) is 11.5 Å². The summed E-state index contributed by atoms with van der Waals surface area (Å²) in [7, 11) is 0. The van der Waals surface area contributed by atoms with Gasteiger partial charge in [-0.2, -0.15) is 0 Å². The molecule has 6 heteroatoms. The van der Waals surface area contributed by atoms with Crippen molar-refractivity contribution in [1.29, 1.82) is 0 Å². The van der Waals surface area contributed by atoms with E-state index in [2.05, 4.69) is 15.1 Å². The number of furan rings is 1. The van der Waals surface area contributed by atoms with E-state index in [0.29, 0.717) is 18.3 Å². The van der Waals surface area contributed by atoms with Gasteiger partial charge in [0.05, 0.1) is 12.1 Å². The van der Waals surface area contributed by atoms with Crippen LogP contribution in [-0.2, 0) is 6.54 Å². The lowest BCUT2D eigenvalue weighted by Crippen LogP contribution is -2.42. The number of hydrogen-bond acceptors (Lipinski definition) is 6. The lowest BCUT2D eigenvalue weighted by atomic mass is 10.1. The molecule has 2 aromatic heterocycles. The Balaban J connectivity index is 1.72. The van der Waals surface area contributed by atoms with Crippen LogP contribution in [0.4, 0.5) is 0 Å². The first-order valence-corrected chi connectivity index (χ1v) is 6.99. The third kappa shape index (κ3) is 2.76. The predicted molar refractivity (Wildman–Crippen MR) is 74.0 cm³/mol. The summed E-state index contributed by atoms with van der Waals surface area (Å²) in [6.45, 7) is 6.40. The summed E-state index contributed by atoms with van der Waals surface area (Å²) in [5, 5.41) is 8.23. The molecule has 0 aromatic carbocycles. The first-order valence-electron chi connectivity index (χ1n) is 6.99. The second-order valence-corrected chi connectivity index (χ2v) is 5.47. The van der Waals surface area contributed by atoms with Gasteiger partial charge in [0.15, 0.2) is 0 Å². The van der Waals surface area contributed by atoms with Gasteiger partial charge in [-0.15, -0.1) is 10.2 Å². The largest absolute Gasteiger partial charge is 0.466 e. The Morgan fingerprint density at radius 1 is 1.35 bits per heavy atom. The molecule has 1 saturated heterocycles. The molecule has 1 aliphatic rings. The highest BCUT2D eigenvalue weighted by atomic mass is 16.4. The number of rotatable bonds is 3. The fraction of sp³-hybridized carbons (Fsp3) is 0.571. The molecule has 3 heterocycles. The molecule has 6 nitrogen and oxygen atoms in total. The Kier molecular flexibility index (Phi) is 3.58. The van der Waals surface area contributed by atoms with Crippen molar-refractivity contribution < 1.29 is 8.83 Å². The van der Waals surface area contributed by atoms with Gasteiger partial charge >= 0.3 is 0 Å². The van der Waals surface area contributed by atoms with Crippen molar-refractivity contribution in [1.82, 2.24) is 15.1 Å². The van der Waals surface area contributed by atoms with Crippen LogP contribution in [0.2, 0.25) is 0 Å². The zero-order valence-corrected chi connectivity index (χ0v) is 11.9. The molecule has 0 radical (unpaired) electrons. The number of likely N-dealkylation sites (tertiary alicyclic amines) is 1. The SMILES string of the molecule is Cc1cc(-c2nnc(CN3CCC[C@@H](N)C3)o2)c(C)o1. The fourth-order valence-corrected chi connectivity index (χ4v) is 2.70. The number of piperidine rings is 1. The molecular formula is C14H20N4O2. The monoisotopic (exact) mass is 276 g/mol. The van der Waals surface area contributed by atoms with Crippen molar-refractivity contribution in [3.8, 4) is 11.5 Å². The number of nitrogens with zero attached hydrogens (tertiary/aromatic N) is 3. The molecule has 0 bridgehead atoms. The number of hydrogen-bond donors (Lipinski definition) is 1. The number of aromatic nitrogens is 2. The van der Waals surface area contributed by atoms with E-state index in [1.165, 1.54) is 0 Å². The van der Waals surface area contributed by atoms with Crippen molar-refractivity contribution in [2.24, 2.45) is 5.73 Å². The van der Waals surface area contributed by atoms with Crippen molar-refractivity contribution >= 4 is 0 Å². The highest BCUT2D eigenvalue weighted by Gasteiger charge is 2.20. The quantitative estimate of drug-likeness (QED) is 0.921. The molecule has 1 atom stereocenters. The van der Waals surface area contributed by atoms with E-state index in [4.69, 9.17) is 14.6 Å². The van der Waals surface area contributed by atoms with E-state index >= 15 is 0 Å². The zero-order chi connectivity index (χ0) is 14.1. The summed E-state index contributed by atoms with van der Waals surface area (Å²) in [4.78, 5) is 2.26. The second-order valence-electron chi connectivity index (χ2n) is 5.47. The highest BCUT2D eigenvalue weighted by Crippen LogP contribution is 2.25. The average molecular weight is 276 g/mol. The van der Waals surface area contributed by atoms with Crippen molar-refractivity contribution in [2.45, 2.75) is 39.3 Å². The molecule has 0 unspecified atom stereocenters. The van der Waals surface area contributed by atoms with Crippen LogP contribution in [0, 0.1) is 13.8 Å². The van der Waals surface area contributed by atoms with E-state index in [0.717, 1.165) is 43.0 Å². The zero-order valence-electron chi connectivity index (χ0n) is 11.9. The van der Waals surface area contributed by atoms with Crippen LogP contribution in [0.15, 0.2) is 14.9 Å².